The number of ether oxygens (including phenoxy) is 1. The smallest absolute Gasteiger partial charge is 0.271 e. The summed E-state index contributed by atoms with van der Waals surface area (Å²) in [4.78, 5) is 29.5. The molecule has 0 atom stereocenters. The zero-order valence-corrected chi connectivity index (χ0v) is 23.7. The first-order valence-electron chi connectivity index (χ1n) is 13.4. The molecular weight excluding hydrogens is 530 g/mol. The minimum Gasteiger partial charge on any atom is -0.506 e. The maximum Gasteiger partial charge on any atom is 0.271 e. The Kier molecular flexibility index (Phi) is 9.63. The zero-order valence-electron chi connectivity index (χ0n) is 22.9. The zero-order chi connectivity index (χ0) is 28.7. The van der Waals surface area contributed by atoms with Gasteiger partial charge in [-0.15, -0.1) is 0 Å². The third-order valence-electron chi connectivity index (χ3n) is 6.87. The number of carbonyl (C=O) groups excluding carboxylic acids is 2. The average Bonchev–Trinajstić information content (AvgIpc) is 2.93. The molecule has 0 radical (unpaired) electrons. The van der Waals surface area contributed by atoms with Crippen LogP contribution in [0, 0.1) is 0 Å². The van der Waals surface area contributed by atoms with Gasteiger partial charge in [-0.25, -0.2) is 5.43 Å². The minimum absolute atomic E-state index is 0.0329. The SMILES string of the molecule is CC(C)(N)CCCN1CCN(C(=O)COc2ccc(/C=N/NC(=O)c3ccc(O)c(Cl)c3)c3ccccc23)CC1. The number of phenols is 1. The summed E-state index contributed by atoms with van der Waals surface area (Å²) < 4.78 is 5.97. The van der Waals surface area contributed by atoms with Crippen LogP contribution < -0.4 is 15.9 Å². The summed E-state index contributed by atoms with van der Waals surface area (Å²) in [6.07, 6.45) is 3.57. The Morgan fingerprint density at radius 2 is 1.82 bits per heavy atom. The summed E-state index contributed by atoms with van der Waals surface area (Å²) in [6, 6.07) is 15.5. The topological polar surface area (TPSA) is 120 Å². The Morgan fingerprint density at radius 3 is 2.52 bits per heavy atom. The van der Waals surface area contributed by atoms with Crippen LogP contribution in [0.4, 0.5) is 0 Å². The Balaban J connectivity index is 1.32. The molecule has 9 nitrogen and oxygen atoms in total. The number of nitrogens with two attached hydrogens (primary N) is 1. The molecule has 1 aliphatic rings. The van der Waals surface area contributed by atoms with Gasteiger partial charge in [-0.3, -0.25) is 14.5 Å². The Labute approximate surface area is 239 Å². The number of fused-ring (bicyclic) bond motifs is 1. The summed E-state index contributed by atoms with van der Waals surface area (Å²) in [5.41, 5.74) is 9.45. The number of halogens is 1. The maximum absolute atomic E-state index is 12.9. The third-order valence-corrected chi connectivity index (χ3v) is 7.17. The van der Waals surface area contributed by atoms with Crippen LogP contribution >= 0.6 is 11.6 Å². The van der Waals surface area contributed by atoms with E-state index in [2.05, 4.69) is 15.4 Å². The normalized spacial score (nSPS) is 14.6. The van der Waals surface area contributed by atoms with Crippen LogP contribution in [0.15, 0.2) is 59.7 Å². The number of piperazine rings is 1. The van der Waals surface area contributed by atoms with E-state index in [0.29, 0.717) is 18.8 Å². The van der Waals surface area contributed by atoms with Crippen molar-refractivity contribution in [1.82, 2.24) is 15.2 Å². The minimum atomic E-state index is -0.457. The van der Waals surface area contributed by atoms with Gasteiger partial charge < -0.3 is 20.5 Å². The van der Waals surface area contributed by atoms with E-state index in [0.717, 1.165) is 48.8 Å². The Morgan fingerprint density at radius 1 is 1.10 bits per heavy atom. The fourth-order valence-electron chi connectivity index (χ4n) is 4.62. The van der Waals surface area contributed by atoms with Crippen molar-refractivity contribution in [3.05, 3.63) is 70.7 Å². The summed E-state index contributed by atoms with van der Waals surface area (Å²) in [5.74, 6) is 0.0146. The quantitative estimate of drug-likeness (QED) is 0.252. The predicted octanol–water partition coefficient (Wildman–Crippen LogP) is 4.00. The monoisotopic (exact) mass is 565 g/mol. The molecule has 1 aliphatic heterocycles. The second kappa shape index (κ2) is 13.1. The molecule has 1 heterocycles. The molecule has 3 aromatic rings. The van der Waals surface area contributed by atoms with Gasteiger partial charge in [0.05, 0.1) is 11.2 Å². The lowest BCUT2D eigenvalue weighted by Gasteiger charge is -2.35. The van der Waals surface area contributed by atoms with E-state index in [1.165, 1.54) is 18.2 Å². The fourth-order valence-corrected chi connectivity index (χ4v) is 4.80. The Hall–Kier alpha value is -3.66. The van der Waals surface area contributed by atoms with Gasteiger partial charge in [0.1, 0.15) is 11.5 Å². The lowest BCUT2D eigenvalue weighted by molar-refractivity contribution is -0.135. The fraction of sp³-hybridized carbons (Fsp3) is 0.367. The highest BCUT2D eigenvalue weighted by atomic mass is 35.5. The molecule has 4 N–H and O–H groups in total. The lowest BCUT2D eigenvalue weighted by atomic mass is 10.00. The van der Waals surface area contributed by atoms with Crippen molar-refractivity contribution >= 4 is 40.4 Å². The van der Waals surface area contributed by atoms with Crippen molar-refractivity contribution in [2.24, 2.45) is 10.8 Å². The van der Waals surface area contributed by atoms with E-state index in [-0.39, 0.29) is 34.4 Å². The summed E-state index contributed by atoms with van der Waals surface area (Å²) in [7, 11) is 0. The average molecular weight is 566 g/mol. The van der Waals surface area contributed by atoms with Crippen molar-refractivity contribution in [2.75, 3.05) is 39.3 Å². The van der Waals surface area contributed by atoms with Crippen molar-refractivity contribution in [3.8, 4) is 11.5 Å². The standard InChI is InChI=1S/C30H36ClN5O4/c1-30(2,32)12-5-13-35-14-16-36(17-15-35)28(38)20-40-27-11-9-22(23-6-3-4-7-24(23)27)19-33-34-29(39)21-8-10-26(37)25(31)18-21/h3-4,6-11,18-19,37H,5,12-17,20,32H2,1-2H3,(H,34,39)/b33-19+. The highest BCUT2D eigenvalue weighted by Crippen LogP contribution is 2.28. The number of amides is 2. The number of aromatic hydroxyl groups is 1. The number of carbonyl (C=O) groups is 2. The van der Waals surface area contributed by atoms with E-state index in [1.54, 1.807) is 12.3 Å². The molecule has 40 heavy (non-hydrogen) atoms. The van der Waals surface area contributed by atoms with Gasteiger partial charge in [-0.05, 0) is 69.0 Å². The maximum atomic E-state index is 12.9. The number of benzene rings is 3. The van der Waals surface area contributed by atoms with Gasteiger partial charge in [0.25, 0.3) is 11.8 Å². The molecule has 0 unspecified atom stereocenters. The number of rotatable bonds is 10. The molecule has 0 aromatic heterocycles. The van der Waals surface area contributed by atoms with Crippen molar-refractivity contribution in [1.29, 1.82) is 0 Å². The van der Waals surface area contributed by atoms with E-state index in [4.69, 9.17) is 22.1 Å². The molecule has 0 spiro atoms. The number of hydrazone groups is 1. The highest BCUT2D eigenvalue weighted by molar-refractivity contribution is 6.32. The number of nitrogens with one attached hydrogen (secondary N) is 1. The molecule has 2 amide bonds. The van der Waals surface area contributed by atoms with Crippen LogP contribution in [0.2, 0.25) is 5.02 Å². The third kappa shape index (κ3) is 7.94. The van der Waals surface area contributed by atoms with Gasteiger partial charge >= 0.3 is 0 Å². The van der Waals surface area contributed by atoms with Crippen molar-refractivity contribution < 1.29 is 19.4 Å². The van der Waals surface area contributed by atoms with Gasteiger partial charge in [0.2, 0.25) is 0 Å². The first kappa shape index (κ1) is 29.3. The van der Waals surface area contributed by atoms with Crippen LogP contribution in [0.3, 0.4) is 0 Å². The molecule has 0 aliphatic carbocycles. The van der Waals surface area contributed by atoms with Crippen molar-refractivity contribution in [3.63, 3.8) is 0 Å². The summed E-state index contributed by atoms with van der Waals surface area (Å²) in [5, 5.41) is 15.4. The van der Waals surface area contributed by atoms with Crippen molar-refractivity contribution in [2.45, 2.75) is 32.2 Å². The molecule has 4 rings (SSSR count). The van der Waals surface area contributed by atoms with Crippen LogP contribution in [0.25, 0.3) is 10.8 Å². The first-order valence-corrected chi connectivity index (χ1v) is 13.7. The molecule has 1 saturated heterocycles. The van der Waals surface area contributed by atoms with Crippen LogP contribution in [-0.2, 0) is 4.79 Å². The van der Waals surface area contributed by atoms with E-state index in [1.807, 2.05) is 49.1 Å². The Bertz CT molecular complexity index is 1380. The van der Waals surface area contributed by atoms with Gasteiger partial charge in [-0.2, -0.15) is 5.10 Å². The van der Waals surface area contributed by atoms with E-state index in [9.17, 15) is 14.7 Å². The van der Waals surface area contributed by atoms with E-state index >= 15 is 0 Å². The van der Waals surface area contributed by atoms with Gasteiger partial charge in [0, 0.05) is 48.2 Å². The molecular formula is C30H36ClN5O4. The summed E-state index contributed by atoms with van der Waals surface area (Å²) in [6.45, 7) is 8.13. The second-order valence-electron chi connectivity index (χ2n) is 10.7. The largest absolute Gasteiger partial charge is 0.506 e. The van der Waals surface area contributed by atoms with Gasteiger partial charge in [0.15, 0.2) is 6.61 Å². The van der Waals surface area contributed by atoms with E-state index < -0.39 is 5.91 Å². The highest BCUT2D eigenvalue weighted by Gasteiger charge is 2.22. The second-order valence-corrected chi connectivity index (χ2v) is 11.1. The number of hydrogen-bond acceptors (Lipinski definition) is 7. The van der Waals surface area contributed by atoms with Crippen LogP contribution in [0.5, 0.6) is 11.5 Å². The number of phenolic OH excluding ortho intramolecular Hbond substituents is 1. The molecule has 212 valence electrons. The molecule has 3 aromatic carbocycles. The number of nitrogens with zero attached hydrogens (tertiary/aromatic N) is 3. The molecule has 1 fully saturated rings. The first-order chi connectivity index (χ1) is 19.1. The molecule has 10 heteroatoms. The molecule has 0 bridgehead atoms. The number of hydrogen-bond donors (Lipinski definition) is 3. The van der Waals surface area contributed by atoms with Gasteiger partial charge in [-0.1, -0.05) is 35.9 Å². The lowest BCUT2D eigenvalue weighted by Crippen LogP contribution is -2.50. The molecule has 0 saturated carbocycles. The van der Waals surface area contributed by atoms with Crippen LogP contribution in [0.1, 0.15) is 42.6 Å². The summed E-state index contributed by atoms with van der Waals surface area (Å²) >= 11 is 5.88. The van der Waals surface area contributed by atoms with Crippen LogP contribution in [-0.4, -0.2) is 77.8 Å². The predicted molar refractivity (Wildman–Crippen MR) is 158 cm³/mol.